The number of anilines is 1. The number of carbonyl (C=O) groups excluding carboxylic acids is 1. The number of fused-ring (bicyclic) bond motifs is 1. The standard InChI is InChI=1S/C17H21N5O4S.ClH/c23-15-4-3-11(27(25,26)22-7-1-2-8-22)9-14(15)19-17(24)16-12-10-18-6-5-13(12)20-21-16;/h3-4,9,18,23H,1-2,5-8,10H2,(H,19,24)(H,20,21);1H. The van der Waals surface area contributed by atoms with Crippen LogP contribution in [0.4, 0.5) is 5.69 Å². The van der Waals surface area contributed by atoms with Gasteiger partial charge < -0.3 is 15.7 Å². The number of hydrogen-bond donors (Lipinski definition) is 4. The lowest BCUT2D eigenvalue weighted by Crippen LogP contribution is -2.28. The van der Waals surface area contributed by atoms with Crippen molar-refractivity contribution in [3.8, 4) is 5.75 Å². The largest absolute Gasteiger partial charge is 0.506 e. The molecule has 1 saturated heterocycles. The second-order valence-electron chi connectivity index (χ2n) is 6.70. The highest BCUT2D eigenvalue weighted by molar-refractivity contribution is 7.89. The molecular weight excluding hydrogens is 406 g/mol. The van der Waals surface area contributed by atoms with Crippen LogP contribution in [0.1, 0.15) is 34.6 Å². The van der Waals surface area contributed by atoms with Gasteiger partial charge in [-0.15, -0.1) is 12.4 Å². The lowest BCUT2D eigenvalue weighted by atomic mass is 10.1. The van der Waals surface area contributed by atoms with Crippen LogP contribution >= 0.6 is 12.4 Å². The van der Waals surface area contributed by atoms with Crippen LogP contribution in [-0.4, -0.2) is 53.6 Å². The summed E-state index contributed by atoms with van der Waals surface area (Å²) in [6.45, 7) is 2.31. The first-order chi connectivity index (χ1) is 13.0. The number of nitrogens with zero attached hydrogens (tertiary/aromatic N) is 2. The van der Waals surface area contributed by atoms with Gasteiger partial charge in [0, 0.05) is 43.9 Å². The number of phenols is 1. The monoisotopic (exact) mass is 427 g/mol. The molecule has 3 heterocycles. The number of aromatic amines is 1. The SMILES string of the molecule is Cl.O=C(Nc1cc(S(=O)(=O)N2CCCC2)ccc1O)c1n[nH]c2c1CNCC2. The van der Waals surface area contributed by atoms with Gasteiger partial charge in [-0.25, -0.2) is 8.42 Å². The number of carbonyl (C=O) groups is 1. The molecule has 2 aromatic rings. The number of nitrogens with one attached hydrogen (secondary N) is 3. The Morgan fingerprint density at radius 3 is 2.75 bits per heavy atom. The number of amides is 1. The van der Waals surface area contributed by atoms with E-state index < -0.39 is 15.9 Å². The zero-order valence-electron chi connectivity index (χ0n) is 15.1. The summed E-state index contributed by atoms with van der Waals surface area (Å²) >= 11 is 0. The van der Waals surface area contributed by atoms with Gasteiger partial charge in [0.1, 0.15) is 5.75 Å². The molecule has 0 bridgehead atoms. The molecule has 152 valence electrons. The van der Waals surface area contributed by atoms with Gasteiger partial charge in [-0.2, -0.15) is 9.40 Å². The average Bonchev–Trinajstić information content (AvgIpc) is 3.33. The second kappa shape index (κ2) is 8.08. The Morgan fingerprint density at radius 2 is 2.00 bits per heavy atom. The molecule has 0 spiro atoms. The van der Waals surface area contributed by atoms with Crippen LogP contribution in [0.3, 0.4) is 0 Å². The highest BCUT2D eigenvalue weighted by Gasteiger charge is 2.28. The molecule has 9 nitrogen and oxygen atoms in total. The van der Waals surface area contributed by atoms with Crippen molar-refractivity contribution in [3.05, 3.63) is 35.2 Å². The van der Waals surface area contributed by atoms with Crippen molar-refractivity contribution in [1.29, 1.82) is 0 Å². The summed E-state index contributed by atoms with van der Waals surface area (Å²) in [5.41, 5.74) is 1.98. The molecule has 0 atom stereocenters. The van der Waals surface area contributed by atoms with Crippen molar-refractivity contribution in [2.75, 3.05) is 25.0 Å². The Hall–Kier alpha value is -2.14. The van der Waals surface area contributed by atoms with E-state index in [1.807, 2.05) is 0 Å². The highest BCUT2D eigenvalue weighted by Crippen LogP contribution is 2.30. The Morgan fingerprint density at radius 1 is 1.25 bits per heavy atom. The summed E-state index contributed by atoms with van der Waals surface area (Å²) in [5.74, 6) is -0.700. The van der Waals surface area contributed by atoms with Crippen molar-refractivity contribution in [3.63, 3.8) is 0 Å². The van der Waals surface area contributed by atoms with Gasteiger partial charge in [-0.3, -0.25) is 9.89 Å². The van der Waals surface area contributed by atoms with Gasteiger partial charge in [0.2, 0.25) is 10.0 Å². The number of phenolic OH excluding ortho intramolecular Hbond substituents is 1. The summed E-state index contributed by atoms with van der Waals surface area (Å²) in [6, 6.07) is 3.91. The summed E-state index contributed by atoms with van der Waals surface area (Å²) < 4.78 is 26.8. The molecule has 1 aromatic heterocycles. The molecular formula is C17H22ClN5O4S. The molecule has 11 heteroatoms. The minimum Gasteiger partial charge on any atom is -0.506 e. The zero-order valence-corrected chi connectivity index (χ0v) is 16.7. The molecule has 2 aliphatic rings. The number of sulfonamides is 1. The van der Waals surface area contributed by atoms with E-state index in [2.05, 4.69) is 20.8 Å². The van der Waals surface area contributed by atoms with E-state index in [0.717, 1.165) is 37.1 Å². The fraction of sp³-hybridized carbons (Fsp3) is 0.412. The minimum absolute atomic E-state index is 0. The fourth-order valence-corrected chi connectivity index (χ4v) is 4.99. The van der Waals surface area contributed by atoms with Crippen LogP contribution in [0.5, 0.6) is 5.75 Å². The Bertz CT molecular complexity index is 985. The zero-order chi connectivity index (χ0) is 19.0. The van der Waals surface area contributed by atoms with E-state index in [0.29, 0.717) is 19.6 Å². The molecule has 1 aromatic carbocycles. The number of benzene rings is 1. The summed E-state index contributed by atoms with van der Waals surface area (Å²) in [5, 5.41) is 22.8. The maximum absolute atomic E-state index is 12.7. The number of aromatic nitrogens is 2. The molecule has 2 aliphatic heterocycles. The number of aromatic hydroxyl groups is 1. The smallest absolute Gasteiger partial charge is 0.276 e. The molecule has 28 heavy (non-hydrogen) atoms. The van der Waals surface area contributed by atoms with E-state index in [1.165, 1.54) is 22.5 Å². The number of rotatable bonds is 4. The third-order valence-electron chi connectivity index (χ3n) is 4.94. The molecule has 0 saturated carbocycles. The molecule has 0 radical (unpaired) electrons. The van der Waals surface area contributed by atoms with Crippen LogP contribution in [-0.2, 0) is 23.0 Å². The topological polar surface area (TPSA) is 127 Å². The normalized spacial score (nSPS) is 17.0. The Labute approximate surface area is 169 Å². The Balaban J connectivity index is 0.00000225. The molecule has 4 N–H and O–H groups in total. The maximum atomic E-state index is 12.7. The van der Waals surface area contributed by atoms with Crippen LogP contribution in [0, 0.1) is 0 Å². The maximum Gasteiger partial charge on any atom is 0.276 e. The highest BCUT2D eigenvalue weighted by atomic mass is 35.5. The predicted molar refractivity (Wildman–Crippen MR) is 105 cm³/mol. The van der Waals surface area contributed by atoms with Gasteiger partial charge in [0.15, 0.2) is 5.69 Å². The van der Waals surface area contributed by atoms with Crippen LogP contribution in [0.15, 0.2) is 23.1 Å². The summed E-state index contributed by atoms with van der Waals surface area (Å²) in [6.07, 6.45) is 2.42. The third-order valence-corrected chi connectivity index (χ3v) is 6.84. The number of hydrogen-bond acceptors (Lipinski definition) is 6. The first-order valence-corrected chi connectivity index (χ1v) is 10.3. The first-order valence-electron chi connectivity index (χ1n) is 8.88. The first kappa shape index (κ1) is 20.6. The van der Waals surface area contributed by atoms with Crippen molar-refractivity contribution in [2.24, 2.45) is 0 Å². The lowest BCUT2D eigenvalue weighted by Gasteiger charge is -2.17. The molecule has 0 unspecified atom stereocenters. The van der Waals surface area contributed by atoms with E-state index in [9.17, 15) is 18.3 Å². The van der Waals surface area contributed by atoms with E-state index in [-0.39, 0.29) is 34.4 Å². The van der Waals surface area contributed by atoms with E-state index in [4.69, 9.17) is 0 Å². The lowest BCUT2D eigenvalue weighted by molar-refractivity contribution is 0.102. The summed E-state index contributed by atoms with van der Waals surface area (Å²) in [7, 11) is -3.64. The minimum atomic E-state index is -3.64. The molecule has 1 amide bonds. The molecule has 4 rings (SSSR count). The van der Waals surface area contributed by atoms with Crippen molar-refractivity contribution < 1.29 is 18.3 Å². The van der Waals surface area contributed by atoms with Crippen LogP contribution in [0.2, 0.25) is 0 Å². The average molecular weight is 428 g/mol. The van der Waals surface area contributed by atoms with Crippen LogP contribution < -0.4 is 10.6 Å². The third kappa shape index (κ3) is 3.72. The van der Waals surface area contributed by atoms with Gasteiger partial charge in [-0.05, 0) is 31.0 Å². The van der Waals surface area contributed by atoms with Gasteiger partial charge in [0.25, 0.3) is 5.91 Å². The second-order valence-corrected chi connectivity index (χ2v) is 8.64. The number of H-pyrrole nitrogens is 1. The van der Waals surface area contributed by atoms with E-state index >= 15 is 0 Å². The van der Waals surface area contributed by atoms with Gasteiger partial charge in [0.05, 0.1) is 10.6 Å². The van der Waals surface area contributed by atoms with E-state index in [1.54, 1.807) is 0 Å². The van der Waals surface area contributed by atoms with Crippen LogP contribution in [0.25, 0.3) is 0 Å². The van der Waals surface area contributed by atoms with Crippen molar-refractivity contribution in [1.82, 2.24) is 19.8 Å². The van der Waals surface area contributed by atoms with Gasteiger partial charge in [-0.1, -0.05) is 0 Å². The predicted octanol–water partition coefficient (Wildman–Crippen LogP) is 1.22. The molecule has 0 aliphatic carbocycles. The van der Waals surface area contributed by atoms with Crippen molar-refractivity contribution >= 4 is 34.0 Å². The Kier molecular flexibility index (Phi) is 5.94. The van der Waals surface area contributed by atoms with Gasteiger partial charge >= 0.3 is 0 Å². The molecule has 1 fully saturated rings. The summed E-state index contributed by atoms with van der Waals surface area (Å²) in [4.78, 5) is 12.7. The fourth-order valence-electron chi connectivity index (χ4n) is 3.45. The quantitative estimate of drug-likeness (QED) is 0.543. The van der Waals surface area contributed by atoms with Crippen molar-refractivity contribution in [2.45, 2.75) is 30.7 Å². The number of halogens is 1.